The number of nitrogens with one attached hydrogen (secondary N) is 2. The molecule has 1 aromatic heterocycles. The molecule has 0 aliphatic carbocycles. The zero-order valence-corrected chi connectivity index (χ0v) is 12.6. The van der Waals surface area contributed by atoms with E-state index in [2.05, 4.69) is 15.0 Å². The summed E-state index contributed by atoms with van der Waals surface area (Å²) in [4.78, 5) is 15.8. The molecule has 0 bridgehead atoms. The Morgan fingerprint density at radius 3 is 2.65 bits per heavy atom. The van der Waals surface area contributed by atoms with Crippen LogP contribution in [0.1, 0.15) is 23.0 Å². The van der Waals surface area contributed by atoms with Gasteiger partial charge in [0.05, 0.1) is 5.75 Å². The van der Waals surface area contributed by atoms with E-state index in [1.807, 2.05) is 0 Å². The topological polar surface area (TPSA) is 114 Å². The van der Waals surface area contributed by atoms with E-state index in [0.717, 1.165) is 0 Å². The van der Waals surface area contributed by atoms with E-state index < -0.39 is 15.9 Å². The number of pyridine rings is 1. The Balaban J connectivity index is 2.53. The monoisotopic (exact) mass is 316 g/mol. The van der Waals surface area contributed by atoms with E-state index in [-0.39, 0.29) is 23.0 Å². The van der Waals surface area contributed by atoms with Gasteiger partial charge in [0.2, 0.25) is 10.0 Å². The van der Waals surface area contributed by atoms with Gasteiger partial charge in [0, 0.05) is 24.8 Å². The lowest BCUT2D eigenvalue weighted by Gasteiger charge is -2.06. The third kappa shape index (κ3) is 5.19. The number of aromatic nitrogens is 1. The number of carbonyl (C=O) groups is 1. The van der Waals surface area contributed by atoms with Crippen molar-refractivity contribution >= 4 is 33.1 Å². The van der Waals surface area contributed by atoms with Crippen molar-refractivity contribution in [3.63, 3.8) is 0 Å². The average Bonchev–Trinajstić information content (AvgIpc) is 2.38. The Kier molecular flexibility index (Phi) is 5.99. The number of hydrogen-bond acceptors (Lipinski definition) is 5. The Hall–Kier alpha value is -1.58. The maximum Gasteiger partial charge on any atom is 0.269 e. The van der Waals surface area contributed by atoms with E-state index in [9.17, 15) is 13.2 Å². The molecule has 0 radical (unpaired) electrons. The molecule has 20 heavy (non-hydrogen) atoms. The molecule has 1 heterocycles. The zero-order valence-electron chi connectivity index (χ0n) is 10.9. The minimum atomic E-state index is -3.35. The number of thiocarbonyl (C=S) groups is 1. The van der Waals surface area contributed by atoms with Crippen LogP contribution in [0.3, 0.4) is 0 Å². The molecule has 0 unspecified atom stereocenters. The van der Waals surface area contributed by atoms with Crippen molar-refractivity contribution in [2.75, 3.05) is 18.8 Å². The first-order valence-electron chi connectivity index (χ1n) is 5.87. The molecule has 1 amide bonds. The lowest BCUT2D eigenvalue weighted by Crippen LogP contribution is -2.34. The standard InChI is InChI=1S/C11H16N4O3S2/c1-2-15-20(17,18)6-5-13-11(16)9-4-3-8(7-14-9)10(12)19/h3-4,7,15H,2,5-6H2,1H3,(H2,12,19)(H,13,16). The van der Waals surface area contributed by atoms with Crippen LogP contribution in [0.4, 0.5) is 0 Å². The van der Waals surface area contributed by atoms with Gasteiger partial charge in [-0.3, -0.25) is 9.78 Å². The Labute approximate surface area is 123 Å². The molecule has 0 aromatic carbocycles. The highest BCUT2D eigenvalue weighted by atomic mass is 32.2. The van der Waals surface area contributed by atoms with Crippen molar-refractivity contribution in [3.05, 3.63) is 29.6 Å². The molecule has 0 atom stereocenters. The first-order chi connectivity index (χ1) is 9.35. The van der Waals surface area contributed by atoms with Crippen LogP contribution in [-0.2, 0) is 10.0 Å². The molecule has 0 aliphatic heterocycles. The van der Waals surface area contributed by atoms with Gasteiger partial charge in [0.25, 0.3) is 5.91 Å². The highest BCUT2D eigenvalue weighted by Crippen LogP contribution is 2.00. The minimum Gasteiger partial charge on any atom is -0.389 e. The van der Waals surface area contributed by atoms with Gasteiger partial charge in [-0.05, 0) is 12.1 Å². The predicted molar refractivity (Wildman–Crippen MR) is 79.9 cm³/mol. The predicted octanol–water partition coefficient (Wildman–Crippen LogP) is -0.615. The summed E-state index contributed by atoms with van der Waals surface area (Å²) in [6.45, 7) is 2.01. The van der Waals surface area contributed by atoms with E-state index in [1.165, 1.54) is 12.3 Å². The molecule has 0 spiro atoms. The molecule has 0 aliphatic rings. The Bertz CT molecular complexity index is 584. The summed E-state index contributed by atoms with van der Waals surface area (Å²) in [6, 6.07) is 3.06. The average molecular weight is 316 g/mol. The van der Waals surface area contributed by atoms with Crippen LogP contribution < -0.4 is 15.8 Å². The van der Waals surface area contributed by atoms with Crippen molar-refractivity contribution in [1.29, 1.82) is 0 Å². The summed E-state index contributed by atoms with van der Waals surface area (Å²) in [7, 11) is -3.35. The van der Waals surface area contributed by atoms with E-state index in [4.69, 9.17) is 18.0 Å². The summed E-state index contributed by atoms with van der Waals surface area (Å²) < 4.78 is 25.1. The molecule has 9 heteroatoms. The van der Waals surface area contributed by atoms with Gasteiger partial charge in [-0.25, -0.2) is 13.1 Å². The molecule has 7 nitrogen and oxygen atoms in total. The van der Waals surface area contributed by atoms with Crippen LogP contribution >= 0.6 is 12.2 Å². The molecule has 4 N–H and O–H groups in total. The van der Waals surface area contributed by atoms with Gasteiger partial charge in [-0.1, -0.05) is 19.1 Å². The molecule has 0 fully saturated rings. The molecule has 0 saturated carbocycles. The van der Waals surface area contributed by atoms with E-state index in [0.29, 0.717) is 12.1 Å². The summed E-state index contributed by atoms with van der Waals surface area (Å²) >= 11 is 4.77. The number of sulfonamides is 1. The molecular weight excluding hydrogens is 300 g/mol. The Morgan fingerprint density at radius 1 is 1.45 bits per heavy atom. The quantitative estimate of drug-likeness (QED) is 0.578. The smallest absolute Gasteiger partial charge is 0.269 e. The van der Waals surface area contributed by atoms with E-state index in [1.54, 1.807) is 13.0 Å². The lowest BCUT2D eigenvalue weighted by molar-refractivity contribution is 0.0951. The third-order valence-electron chi connectivity index (χ3n) is 2.30. The highest BCUT2D eigenvalue weighted by molar-refractivity contribution is 7.89. The van der Waals surface area contributed by atoms with Gasteiger partial charge < -0.3 is 11.1 Å². The van der Waals surface area contributed by atoms with Crippen molar-refractivity contribution in [2.45, 2.75) is 6.92 Å². The molecule has 1 aromatic rings. The summed E-state index contributed by atoms with van der Waals surface area (Å²) in [5, 5.41) is 2.48. The van der Waals surface area contributed by atoms with Crippen LogP contribution in [0, 0.1) is 0 Å². The third-order valence-corrected chi connectivity index (χ3v) is 4.01. The Morgan fingerprint density at radius 2 is 2.15 bits per heavy atom. The molecule has 0 saturated heterocycles. The molecule has 1 rings (SSSR count). The second kappa shape index (κ2) is 7.27. The van der Waals surface area contributed by atoms with Gasteiger partial charge in [-0.2, -0.15) is 0 Å². The number of hydrogen-bond donors (Lipinski definition) is 3. The van der Waals surface area contributed by atoms with Crippen molar-refractivity contribution < 1.29 is 13.2 Å². The number of amides is 1. The summed E-state index contributed by atoms with van der Waals surface area (Å²) in [5.41, 5.74) is 6.15. The first-order valence-corrected chi connectivity index (χ1v) is 7.93. The van der Waals surface area contributed by atoms with Crippen LogP contribution in [0.2, 0.25) is 0 Å². The number of nitrogens with zero attached hydrogens (tertiary/aromatic N) is 1. The van der Waals surface area contributed by atoms with Crippen LogP contribution in [0.25, 0.3) is 0 Å². The number of carbonyl (C=O) groups excluding carboxylic acids is 1. The van der Waals surface area contributed by atoms with Crippen LogP contribution in [0.15, 0.2) is 18.3 Å². The maximum atomic E-state index is 11.7. The summed E-state index contributed by atoms with van der Waals surface area (Å²) in [5.74, 6) is -0.636. The fourth-order valence-corrected chi connectivity index (χ4v) is 2.43. The van der Waals surface area contributed by atoms with E-state index >= 15 is 0 Å². The van der Waals surface area contributed by atoms with Gasteiger partial charge in [0.1, 0.15) is 10.7 Å². The second-order valence-electron chi connectivity index (χ2n) is 3.87. The van der Waals surface area contributed by atoms with Crippen molar-refractivity contribution in [1.82, 2.24) is 15.0 Å². The minimum absolute atomic E-state index is 0.00684. The number of rotatable bonds is 7. The van der Waals surface area contributed by atoms with Crippen LogP contribution in [0.5, 0.6) is 0 Å². The normalized spacial score (nSPS) is 11.1. The largest absolute Gasteiger partial charge is 0.389 e. The fraction of sp³-hybridized carbons (Fsp3) is 0.364. The highest BCUT2D eigenvalue weighted by Gasteiger charge is 2.11. The number of nitrogens with two attached hydrogens (primary N) is 1. The van der Waals surface area contributed by atoms with Gasteiger partial charge in [-0.15, -0.1) is 0 Å². The summed E-state index contributed by atoms with van der Waals surface area (Å²) in [6.07, 6.45) is 1.40. The first kappa shape index (κ1) is 16.5. The second-order valence-corrected chi connectivity index (χ2v) is 6.24. The van der Waals surface area contributed by atoms with Crippen molar-refractivity contribution in [3.8, 4) is 0 Å². The van der Waals surface area contributed by atoms with Gasteiger partial charge in [0.15, 0.2) is 0 Å². The zero-order chi connectivity index (χ0) is 15.2. The van der Waals surface area contributed by atoms with Gasteiger partial charge >= 0.3 is 0 Å². The molecular formula is C11H16N4O3S2. The lowest BCUT2D eigenvalue weighted by atomic mass is 10.2. The molecule has 110 valence electrons. The van der Waals surface area contributed by atoms with Crippen molar-refractivity contribution in [2.24, 2.45) is 5.73 Å². The SMILES string of the molecule is CCNS(=O)(=O)CCNC(=O)c1ccc(C(N)=S)cn1. The fourth-order valence-electron chi connectivity index (χ4n) is 1.36. The maximum absolute atomic E-state index is 11.7. The van der Waals surface area contributed by atoms with Crippen LogP contribution in [-0.4, -0.2) is 43.1 Å².